The van der Waals surface area contributed by atoms with Crippen LogP contribution in [0.25, 0.3) is 0 Å². The molecule has 1 aromatic carbocycles. The van der Waals surface area contributed by atoms with Crippen molar-refractivity contribution in [1.29, 1.82) is 0 Å². The van der Waals surface area contributed by atoms with Crippen LogP contribution < -0.4 is 5.19 Å². The van der Waals surface area contributed by atoms with Crippen LogP contribution in [0.15, 0.2) is 30.3 Å². The van der Waals surface area contributed by atoms with Gasteiger partial charge in [-0.15, -0.1) is 0 Å². The molecule has 15 heavy (non-hydrogen) atoms. The molecule has 0 unspecified atom stereocenters. The molecule has 1 aliphatic rings. The Morgan fingerprint density at radius 3 is 2.27 bits per heavy atom. The Balaban J connectivity index is 2.36. The Morgan fingerprint density at radius 2 is 1.87 bits per heavy atom. The van der Waals surface area contributed by atoms with Crippen LogP contribution in [0, 0.1) is 0 Å². The molecule has 2 rings (SSSR count). The molecular weight excluding hydrogens is 204 g/mol. The molecule has 1 aliphatic heterocycles. The Bertz CT molecular complexity index is 342. The third-order valence-electron chi connectivity index (χ3n) is 3.68. The Morgan fingerprint density at radius 1 is 1.33 bits per heavy atom. The molecule has 0 radical (unpaired) electrons. The summed E-state index contributed by atoms with van der Waals surface area (Å²) in [6.07, 6.45) is -0.376. The van der Waals surface area contributed by atoms with Crippen molar-refractivity contribution in [3.05, 3.63) is 30.3 Å². The molecule has 82 valence electrons. The highest BCUT2D eigenvalue weighted by Gasteiger charge is 2.61. The second-order valence-electron chi connectivity index (χ2n) is 4.85. The van der Waals surface area contributed by atoms with Gasteiger partial charge in [-0.3, -0.25) is 0 Å². The minimum atomic E-state index is -1.73. The highest BCUT2D eigenvalue weighted by Crippen LogP contribution is 2.39. The van der Waals surface area contributed by atoms with E-state index < -0.39 is 8.07 Å². The molecule has 2 atom stereocenters. The van der Waals surface area contributed by atoms with Gasteiger partial charge in [0.2, 0.25) is 0 Å². The quantitative estimate of drug-likeness (QED) is 0.617. The van der Waals surface area contributed by atoms with E-state index in [1.807, 2.05) is 13.0 Å². The normalized spacial score (nSPS) is 27.5. The van der Waals surface area contributed by atoms with Crippen molar-refractivity contribution in [3.8, 4) is 0 Å². The third kappa shape index (κ3) is 1.55. The molecule has 0 aliphatic carbocycles. The molecule has 0 spiro atoms. The van der Waals surface area contributed by atoms with Crippen molar-refractivity contribution in [1.82, 2.24) is 0 Å². The lowest BCUT2D eigenvalue weighted by Crippen LogP contribution is -2.60. The fourth-order valence-electron chi connectivity index (χ4n) is 2.30. The lowest BCUT2D eigenvalue weighted by Gasteiger charge is -2.32. The van der Waals surface area contributed by atoms with Crippen LogP contribution in [-0.4, -0.2) is 31.1 Å². The molecule has 3 heteroatoms. The first-order valence-corrected chi connectivity index (χ1v) is 8.38. The number of benzene rings is 1. The van der Waals surface area contributed by atoms with Gasteiger partial charge in [0.1, 0.15) is 13.3 Å². The molecule has 1 aromatic rings. The largest absolute Gasteiger partial charge is 0.391 e. The van der Waals surface area contributed by atoms with Crippen LogP contribution in [0.4, 0.5) is 0 Å². The third-order valence-corrected chi connectivity index (χ3v) is 8.28. The second-order valence-corrected chi connectivity index (χ2v) is 9.52. The molecule has 0 amide bonds. The molecule has 0 bridgehead atoms. The number of hydrogen-bond donors (Lipinski definition) is 1. The summed E-state index contributed by atoms with van der Waals surface area (Å²) in [5.41, 5.74) is 0. The first-order chi connectivity index (χ1) is 7.01. The lowest BCUT2D eigenvalue weighted by molar-refractivity contribution is 0.128. The average molecular weight is 222 g/mol. The van der Waals surface area contributed by atoms with Gasteiger partial charge in [0.15, 0.2) is 0 Å². The number of rotatable bonds is 3. The maximum absolute atomic E-state index is 9.85. The Hall–Kier alpha value is -0.643. The monoisotopic (exact) mass is 222 g/mol. The summed E-state index contributed by atoms with van der Waals surface area (Å²) in [6.45, 7) is 7.08. The van der Waals surface area contributed by atoms with Crippen molar-refractivity contribution in [2.75, 3.05) is 6.61 Å². The SMILES string of the molecule is C[C@H](O)[C@@]1([Si](C)(C)c2ccccc2)CO1. The van der Waals surface area contributed by atoms with Crippen LogP contribution in [0.3, 0.4) is 0 Å². The number of epoxide rings is 1. The lowest BCUT2D eigenvalue weighted by atomic mass is 10.3. The number of aliphatic hydroxyl groups excluding tert-OH is 1. The van der Waals surface area contributed by atoms with Crippen LogP contribution in [0.5, 0.6) is 0 Å². The highest BCUT2D eigenvalue weighted by molar-refractivity contribution is 6.92. The van der Waals surface area contributed by atoms with Gasteiger partial charge < -0.3 is 9.84 Å². The molecule has 1 fully saturated rings. The van der Waals surface area contributed by atoms with E-state index in [-0.39, 0.29) is 11.3 Å². The minimum absolute atomic E-state index is 0.256. The summed E-state index contributed by atoms with van der Waals surface area (Å²) < 4.78 is 5.59. The topological polar surface area (TPSA) is 32.8 Å². The standard InChI is InChI=1S/C12H18O2Si/c1-10(13)12(9-14-12)15(2,3)11-7-5-4-6-8-11/h4-8,10,13H,9H2,1-3H3/t10-,12-/m0/s1. The summed E-state index contributed by atoms with van der Waals surface area (Å²) >= 11 is 0. The Labute approximate surface area is 91.9 Å². The van der Waals surface area contributed by atoms with E-state index in [0.717, 1.165) is 0 Å². The zero-order valence-electron chi connectivity index (χ0n) is 9.53. The van der Waals surface area contributed by atoms with Gasteiger partial charge in [-0.25, -0.2) is 0 Å². The number of aliphatic hydroxyl groups is 1. The molecule has 1 heterocycles. The maximum atomic E-state index is 9.85. The smallest absolute Gasteiger partial charge is 0.123 e. The van der Waals surface area contributed by atoms with Gasteiger partial charge in [0, 0.05) is 0 Å². The fourth-order valence-corrected chi connectivity index (χ4v) is 5.65. The molecular formula is C12H18O2Si. The van der Waals surface area contributed by atoms with Crippen molar-refractivity contribution in [2.24, 2.45) is 0 Å². The second kappa shape index (κ2) is 3.44. The summed E-state index contributed by atoms with van der Waals surface area (Å²) in [6, 6.07) is 10.4. The van der Waals surface area contributed by atoms with E-state index in [1.54, 1.807) is 0 Å². The van der Waals surface area contributed by atoms with Gasteiger partial charge in [-0.1, -0.05) is 48.6 Å². The molecule has 0 aromatic heterocycles. The van der Waals surface area contributed by atoms with Crippen LogP contribution >= 0.6 is 0 Å². The number of ether oxygens (including phenoxy) is 1. The van der Waals surface area contributed by atoms with E-state index in [9.17, 15) is 5.11 Å². The van der Waals surface area contributed by atoms with Crippen molar-refractivity contribution >= 4 is 13.3 Å². The zero-order chi connectivity index (χ0) is 11.1. The summed E-state index contributed by atoms with van der Waals surface area (Å²) in [5.74, 6) is 0. The van der Waals surface area contributed by atoms with Gasteiger partial charge >= 0.3 is 0 Å². The van der Waals surface area contributed by atoms with Gasteiger partial charge in [-0.2, -0.15) is 0 Å². The predicted octanol–water partition coefficient (Wildman–Crippen LogP) is 1.29. The first kappa shape index (κ1) is 10.9. The highest BCUT2D eigenvalue weighted by atomic mass is 28.3. The minimum Gasteiger partial charge on any atom is -0.391 e. The van der Waals surface area contributed by atoms with E-state index in [0.29, 0.717) is 6.61 Å². The summed E-state index contributed by atoms with van der Waals surface area (Å²) in [4.78, 5) is 0. The molecule has 2 nitrogen and oxygen atoms in total. The zero-order valence-corrected chi connectivity index (χ0v) is 10.5. The molecule has 1 saturated heterocycles. The van der Waals surface area contributed by atoms with E-state index >= 15 is 0 Å². The van der Waals surface area contributed by atoms with Crippen LogP contribution in [-0.2, 0) is 4.74 Å². The summed E-state index contributed by atoms with van der Waals surface area (Å²) in [5, 5.41) is 10.9. The molecule has 1 N–H and O–H groups in total. The van der Waals surface area contributed by atoms with Crippen LogP contribution in [0.1, 0.15) is 6.92 Å². The van der Waals surface area contributed by atoms with Gasteiger partial charge in [-0.05, 0) is 6.92 Å². The van der Waals surface area contributed by atoms with E-state index in [4.69, 9.17) is 4.74 Å². The van der Waals surface area contributed by atoms with E-state index in [2.05, 4.69) is 37.4 Å². The van der Waals surface area contributed by atoms with Gasteiger partial charge in [0.05, 0.1) is 12.7 Å². The van der Waals surface area contributed by atoms with Crippen molar-refractivity contribution in [3.63, 3.8) is 0 Å². The molecule has 0 saturated carbocycles. The maximum Gasteiger partial charge on any atom is 0.123 e. The van der Waals surface area contributed by atoms with Crippen LogP contribution in [0.2, 0.25) is 13.1 Å². The van der Waals surface area contributed by atoms with Gasteiger partial charge in [0.25, 0.3) is 0 Å². The predicted molar refractivity (Wildman–Crippen MR) is 63.9 cm³/mol. The van der Waals surface area contributed by atoms with E-state index in [1.165, 1.54) is 5.19 Å². The first-order valence-electron chi connectivity index (χ1n) is 5.38. The van der Waals surface area contributed by atoms with Crippen molar-refractivity contribution in [2.45, 2.75) is 31.3 Å². The van der Waals surface area contributed by atoms with Crippen molar-refractivity contribution < 1.29 is 9.84 Å². The Kier molecular flexibility index (Phi) is 2.49. The summed E-state index contributed by atoms with van der Waals surface area (Å²) in [7, 11) is -1.73. The fraction of sp³-hybridized carbons (Fsp3) is 0.500. The average Bonchev–Trinajstić information content (AvgIpc) is 3.00. The number of hydrogen-bond acceptors (Lipinski definition) is 2.